The molecule has 2 aromatic rings. The molecule has 0 bridgehead atoms. The van der Waals surface area contributed by atoms with Crippen LogP contribution < -0.4 is 5.56 Å². The van der Waals surface area contributed by atoms with Crippen molar-refractivity contribution in [1.82, 2.24) is 9.97 Å². The maximum absolute atomic E-state index is 12.4. The van der Waals surface area contributed by atoms with Gasteiger partial charge in [0.2, 0.25) is 0 Å². The Labute approximate surface area is 137 Å². The van der Waals surface area contributed by atoms with Crippen LogP contribution >= 0.6 is 23.1 Å². The predicted molar refractivity (Wildman–Crippen MR) is 91.9 cm³/mol. The molecular weight excluding hydrogens is 319 g/mol. The lowest BCUT2D eigenvalue weighted by Crippen LogP contribution is -2.26. The smallest absolute Gasteiger partial charge is 0.260 e. The Kier molecular flexibility index (Phi) is 4.34. The lowest BCUT2D eigenvalue weighted by molar-refractivity contribution is 0.218. The summed E-state index contributed by atoms with van der Waals surface area (Å²) < 4.78 is 12.3. The Bertz CT molecular complexity index is 745. The van der Waals surface area contributed by atoms with Gasteiger partial charge in [-0.15, -0.1) is 11.3 Å². The second-order valence-corrected chi connectivity index (χ2v) is 9.07. The number of thiophene rings is 1. The third-order valence-electron chi connectivity index (χ3n) is 4.44. The fraction of sp³-hybridized carbons (Fsp3) is 0.625. The maximum Gasteiger partial charge on any atom is 0.260 e. The van der Waals surface area contributed by atoms with Gasteiger partial charge >= 0.3 is 0 Å². The highest BCUT2D eigenvalue weighted by Gasteiger charge is 2.31. The van der Waals surface area contributed by atoms with Crippen molar-refractivity contribution in [3.05, 3.63) is 20.8 Å². The van der Waals surface area contributed by atoms with E-state index in [2.05, 4.69) is 30.7 Å². The zero-order valence-corrected chi connectivity index (χ0v) is 14.8. The first-order chi connectivity index (χ1) is 10.4. The second-order valence-electron chi connectivity index (χ2n) is 6.90. The second kappa shape index (κ2) is 5.96. The first kappa shape index (κ1) is 16.0. The molecular formula is C16H21FN2OS2. The van der Waals surface area contributed by atoms with Crippen LogP contribution in [0.1, 0.15) is 37.6 Å². The highest BCUT2D eigenvalue weighted by atomic mass is 32.2. The van der Waals surface area contributed by atoms with Crippen molar-refractivity contribution in [3.8, 4) is 0 Å². The number of nitrogens with zero attached hydrogens (tertiary/aromatic N) is 1. The number of H-pyrrole nitrogens is 1. The Hall–Kier alpha value is -0.880. The van der Waals surface area contributed by atoms with E-state index in [1.807, 2.05) is 0 Å². The largest absolute Gasteiger partial charge is 0.301 e. The van der Waals surface area contributed by atoms with Gasteiger partial charge in [-0.2, -0.15) is 0 Å². The molecule has 2 heterocycles. The summed E-state index contributed by atoms with van der Waals surface area (Å²) >= 11 is 2.91. The average molecular weight is 340 g/mol. The summed E-state index contributed by atoms with van der Waals surface area (Å²) in [5, 5.41) is 1.29. The lowest BCUT2D eigenvalue weighted by atomic mass is 9.72. The fourth-order valence-corrected chi connectivity index (χ4v) is 5.06. The fourth-order valence-electron chi connectivity index (χ4n) is 3.11. The molecule has 0 fully saturated rings. The summed E-state index contributed by atoms with van der Waals surface area (Å²) in [6, 6.07) is 0. The highest BCUT2D eigenvalue weighted by molar-refractivity contribution is 7.99. The minimum atomic E-state index is -0.416. The van der Waals surface area contributed by atoms with Crippen molar-refractivity contribution in [1.29, 1.82) is 0 Å². The number of halogens is 1. The van der Waals surface area contributed by atoms with E-state index in [1.54, 1.807) is 11.3 Å². The summed E-state index contributed by atoms with van der Waals surface area (Å²) in [6.07, 6.45) is 3.12. The average Bonchev–Trinajstić information content (AvgIpc) is 2.81. The quantitative estimate of drug-likeness (QED) is 0.673. The summed E-state index contributed by atoms with van der Waals surface area (Å²) in [6.45, 7) is 6.44. The zero-order chi connectivity index (χ0) is 15.9. The molecule has 1 atom stereocenters. The number of aromatic amines is 1. The van der Waals surface area contributed by atoms with Gasteiger partial charge in [0.1, 0.15) is 4.83 Å². The van der Waals surface area contributed by atoms with E-state index in [4.69, 9.17) is 0 Å². The van der Waals surface area contributed by atoms with E-state index in [-0.39, 0.29) is 11.0 Å². The van der Waals surface area contributed by atoms with Crippen molar-refractivity contribution >= 4 is 33.3 Å². The molecule has 0 aliphatic heterocycles. The first-order valence-electron chi connectivity index (χ1n) is 7.63. The Balaban J connectivity index is 2.01. The third kappa shape index (κ3) is 2.95. The molecule has 0 aromatic carbocycles. The van der Waals surface area contributed by atoms with Crippen molar-refractivity contribution in [2.45, 2.75) is 45.2 Å². The molecule has 0 spiro atoms. The number of thioether (sulfide) groups is 1. The van der Waals surface area contributed by atoms with Crippen LogP contribution in [0.15, 0.2) is 9.95 Å². The summed E-state index contributed by atoms with van der Waals surface area (Å²) in [7, 11) is 0. The lowest BCUT2D eigenvalue weighted by Gasteiger charge is -2.33. The van der Waals surface area contributed by atoms with Gasteiger partial charge in [-0.3, -0.25) is 9.18 Å². The van der Waals surface area contributed by atoms with Crippen LogP contribution in [0.4, 0.5) is 4.39 Å². The van der Waals surface area contributed by atoms with Crippen molar-refractivity contribution in [3.63, 3.8) is 0 Å². The molecule has 1 N–H and O–H groups in total. The van der Waals surface area contributed by atoms with Crippen molar-refractivity contribution in [2.75, 3.05) is 12.4 Å². The van der Waals surface area contributed by atoms with Crippen LogP contribution in [0, 0.1) is 11.3 Å². The highest BCUT2D eigenvalue weighted by Crippen LogP contribution is 2.42. The number of aryl methyl sites for hydroxylation is 1. The van der Waals surface area contributed by atoms with Crippen LogP contribution in [0.5, 0.6) is 0 Å². The number of hydrogen-bond donors (Lipinski definition) is 1. The number of alkyl halides is 1. The topological polar surface area (TPSA) is 45.8 Å². The minimum absolute atomic E-state index is 0.0712. The Morgan fingerprint density at radius 1 is 1.45 bits per heavy atom. The van der Waals surface area contributed by atoms with E-state index in [0.717, 1.165) is 29.5 Å². The van der Waals surface area contributed by atoms with Gasteiger partial charge in [0, 0.05) is 10.6 Å². The molecule has 22 heavy (non-hydrogen) atoms. The summed E-state index contributed by atoms with van der Waals surface area (Å²) in [5.74, 6) is 0.971. The van der Waals surface area contributed by atoms with Crippen LogP contribution in [0.3, 0.4) is 0 Å². The number of rotatable bonds is 3. The zero-order valence-electron chi connectivity index (χ0n) is 13.2. The van der Waals surface area contributed by atoms with E-state index in [0.29, 0.717) is 16.8 Å². The number of aromatic nitrogens is 2. The van der Waals surface area contributed by atoms with Crippen LogP contribution in [-0.2, 0) is 12.8 Å². The van der Waals surface area contributed by atoms with Gasteiger partial charge in [0.25, 0.3) is 5.56 Å². The molecule has 1 unspecified atom stereocenters. The monoisotopic (exact) mass is 340 g/mol. The standard InChI is InChI=1S/C16H21FN2OS2/c1-16(2,3)9-4-5-10-11(8-9)22-14-12(10)13(20)18-15(19-14)21-7-6-17/h9H,4-8H2,1-3H3,(H,18,19,20). The molecule has 0 saturated carbocycles. The molecule has 1 aliphatic rings. The van der Waals surface area contributed by atoms with Crippen molar-refractivity contribution in [2.24, 2.45) is 11.3 Å². The Morgan fingerprint density at radius 2 is 2.23 bits per heavy atom. The van der Waals surface area contributed by atoms with Gasteiger partial charge < -0.3 is 4.98 Å². The molecule has 120 valence electrons. The third-order valence-corrected chi connectivity index (χ3v) is 6.41. The van der Waals surface area contributed by atoms with E-state index in [9.17, 15) is 9.18 Å². The maximum atomic E-state index is 12.4. The number of nitrogens with one attached hydrogen (secondary N) is 1. The number of fused-ring (bicyclic) bond motifs is 3. The Morgan fingerprint density at radius 3 is 2.91 bits per heavy atom. The van der Waals surface area contributed by atoms with Gasteiger partial charge in [-0.05, 0) is 36.2 Å². The van der Waals surface area contributed by atoms with E-state index in [1.165, 1.54) is 22.2 Å². The number of hydrogen-bond acceptors (Lipinski definition) is 4. The van der Waals surface area contributed by atoms with E-state index >= 15 is 0 Å². The van der Waals surface area contributed by atoms with E-state index < -0.39 is 6.67 Å². The molecule has 3 rings (SSSR count). The van der Waals surface area contributed by atoms with Crippen LogP contribution in [0.25, 0.3) is 10.2 Å². The van der Waals surface area contributed by atoms with Gasteiger partial charge in [-0.1, -0.05) is 32.5 Å². The van der Waals surface area contributed by atoms with Crippen molar-refractivity contribution < 1.29 is 4.39 Å². The van der Waals surface area contributed by atoms with Crippen LogP contribution in [-0.4, -0.2) is 22.4 Å². The van der Waals surface area contributed by atoms with Crippen LogP contribution in [0.2, 0.25) is 0 Å². The van der Waals surface area contributed by atoms with Gasteiger partial charge in [0.15, 0.2) is 5.16 Å². The predicted octanol–water partition coefficient (Wildman–Crippen LogP) is 4.20. The normalized spacial score (nSPS) is 18.6. The van der Waals surface area contributed by atoms with Gasteiger partial charge in [-0.25, -0.2) is 4.98 Å². The SMILES string of the molecule is CC(C)(C)C1CCc2c(sc3nc(SCCF)[nH]c(=O)c23)C1. The molecule has 0 radical (unpaired) electrons. The molecule has 0 saturated heterocycles. The minimum Gasteiger partial charge on any atom is -0.301 e. The van der Waals surface area contributed by atoms with Gasteiger partial charge in [0.05, 0.1) is 12.1 Å². The molecule has 1 aliphatic carbocycles. The molecule has 6 heteroatoms. The molecule has 2 aromatic heterocycles. The molecule has 0 amide bonds. The first-order valence-corrected chi connectivity index (χ1v) is 9.43. The molecule has 3 nitrogen and oxygen atoms in total. The summed E-state index contributed by atoms with van der Waals surface area (Å²) in [4.78, 5) is 21.8. The summed E-state index contributed by atoms with van der Waals surface area (Å²) in [5.41, 5.74) is 1.41.